The molecule has 2 fully saturated rings. The van der Waals surface area contributed by atoms with Crippen molar-refractivity contribution in [1.82, 2.24) is 0 Å². The van der Waals surface area contributed by atoms with Gasteiger partial charge in [-0.05, 0) is 31.0 Å². The molecule has 1 unspecified atom stereocenters. The third-order valence-corrected chi connectivity index (χ3v) is 4.59. The number of carbonyl (C=O) groups is 1. The number of hydrogen-bond donors (Lipinski definition) is 0. The summed E-state index contributed by atoms with van der Waals surface area (Å²) in [6, 6.07) is 5.17. The number of carbonyl (C=O) groups excluding carboxylic acids is 1. The van der Waals surface area contributed by atoms with E-state index in [2.05, 4.69) is 0 Å². The molecule has 1 spiro atoms. The summed E-state index contributed by atoms with van der Waals surface area (Å²) in [6.45, 7) is 0. The van der Waals surface area contributed by atoms with Gasteiger partial charge < -0.3 is 4.74 Å². The fourth-order valence-electron chi connectivity index (χ4n) is 3.14. The molecule has 96 valence electrons. The predicted octanol–water partition coefficient (Wildman–Crippen LogP) is 4.27. The highest BCUT2D eigenvalue weighted by Gasteiger charge is 2.57. The highest BCUT2D eigenvalue weighted by molar-refractivity contribution is 6.34. The zero-order valence-electron chi connectivity index (χ0n) is 9.92. The second-order valence-corrected chi connectivity index (χ2v) is 6.08. The van der Waals surface area contributed by atoms with Crippen LogP contribution in [-0.2, 0) is 4.79 Å². The van der Waals surface area contributed by atoms with Crippen LogP contribution >= 0.6 is 23.2 Å². The van der Waals surface area contributed by atoms with Gasteiger partial charge in [0.15, 0.2) is 0 Å². The van der Waals surface area contributed by atoms with Crippen molar-refractivity contribution in [2.75, 3.05) is 0 Å². The first-order chi connectivity index (χ1) is 8.60. The second-order valence-electron chi connectivity index (χ2n) is 5.20. The van der Waals surface area contributed by atoms with Crippen molar-refractivity contribution in [3.8, 4) is 5.75 Å². The van der Waals surface area contributed by atoms with Crippen LogP contribution in [0.3, 0.4) is 0 Å². The molecular formula is C14H14Cl2O2. The van der Waals surface area contributed by atoms with Crippen LogP contribution in [0.5, 0.6) is 5.75 Å². The van der Waals surface area contributed by atoms with Crippen molar-refractivity contribution in [3.05, 3.63) is 28.2 Å². The van der Waals surface area contributed by atoms with Crippen molar-refractivity contribution in [2.24, 2.45) is 5.41 Å². The van der Waals surface area contributed by atoms with Gasteiger partial charge in [-0.1, -0.05) is 36.0 Å². The summed E-state index contributed by atoms with van der Waals surface area (Å²) < 4.78 is 5.93. The van der Waals surface area contributed by atoms with E-state index in [-0.39, 0.29) is 11.5 Å². The molecular weight excluding hydrogens is 271 g/mol. The zero-order chi connectivity index (χ0) is 12.8. The summed E-state index contributed by atoms with van der Waals surface area (Å²) in [5.41, 5.74) is -0.213. The molecule has 0 radical (unpaired) electrons. The largest absolute Gasteiger partial charge is 0.489 e. The lowest BCUT2D eigenvalue weighted by molar-refractivity contribution is -0.151. The molecule has 0 saturated heterocycles. The SMILES string of the molecule is O=C1CC(Oc2cc(Cl)cc(Cl)c2)C12CCCC2. The maximum absolute atomic E-state index is 11.9. The average Bonchev–Trinajstić information content (AvgIpc) is 2.79. The predicted molar refractivity (Wildman–Crippen MR) is 71.4 cm³/mol. The minimum atomic E-state index is -0.213. The van der Waals surface area contributed by atoms with E-state index in [1.165, 1.54) is 0 Å². The van der Waals surface area contributed by atoms with Crippen LogP contribution in [0.15, 0.2) is 18.2 Å². The fraction of sp³-hybridized carbons (Fsp3) is 0.500. The molecule has 0 N–H and O–H groups in total. The van der Waals surface area contributed by atoms with Crippen LogP contribution in [0.4, 0.5) is 0 Å². The van der Waals surface area contributed by atoms with Crippen molar-refractivity contribution < 1.29 is 9.53 Å². The number of halogens is 2. The lowest BCUT2D eigenvalue weighted by atomic mass is 9.63. The van der Waals surface area contributed by atoms with E-state index >= 15 is 0 Å². The van der Waals surface area contributed by atoms with Crippen LogP contribution < -0.4 is 4.74 Å². The van der Waals surface area contributed by atoms with Crippen molar-refractivity contribution in [3.63, 3.8) is 0 Å². The molecule has 2 saturated carbocycles. The van der Waals surface area contributed by atoms with Gasteiger partial charge in [0.05, 0.1) is 5.41 Å². The van der Waals surface area contributed by atoms with Crippen LogP contribution in [0.25, 0.3) is 0 Å². The van der Waals surface area contributed by atoms with Gasteiger partial charge in [-0.15, -0.1) is 0 Å². The molecule has 1 aromatic carbocycles. The van der Waals surface area contributed by atoms with Crippen LogP contribution in [0.2, 0.25) is 10.0 Å². The number of Topliss-reactive ketones (excluding diaryl/α,β-unsaturated/α-hetero) is 1. The average molecular weight is 285 g/mol. The molecule has 18 heavy (non-hydrogen) atoms. The summed E-state index contributed by atoms with van der Waals surface area (Å²) in [5, 5.41) is 1.12. The Hall–Kier alpha value is -0.730. The number of ketones is 1. The molecule has 1 aromatic rings. The molecule has 2 nitrogen and oxygen atoms in total. The van der Waals surface area contributed by atoms with Gasteiger partial charge >= 0.3 is 0 Å². The normalized spacial score (nSPS) is 25.2. The molecule has 2 aliphatic rings. The Morgan fingerprint density at radius 1 is 1.11 bits per heavy atom. The van der Waals surface area contributed by atoms with E-state index < -0.39 is 0 Å². The third-order valence-electron chi connectivity index (χ3n) is 4.15. The Balaban J connectivity index is 1.79. The Labute approximate surface area is 116 Å². The number of benzene rings is 1. The smallest absolute Gasteiger partial charge is 0.146 e. The summed E-state index contributed by atoms with van der Waals surface area (Å²) >= 11 is 11.9. The molecule has 0 amide bonds. The summed E-state index contributed by atoms with van der Waals surface area (Å²) in [5.74, 6) is 1.02. The Morgan fingerprint density at radius 2 is 1.72 bits per heavy atom. The van der Waals surface area contributed by atoms with Crippen LogP contribution in [0.1, 0.15) is 32.1 Å². The van der Waals surface area contributed by atoms with E-state index in [1.54, 1.807) is 18.2 Å². The first-order valence-electron chi connectivity index (χ1n) is 6.26. The van der Waals surface area contributed by atoms with Gasteiger partial charge in [-0.2, -0.15) is 0 Å². The Morgan fingerprint density at radius 3 is 2.28 bits per heavy atom. The van der Waals surface area contributed by atoms with Gasteiger partial charge in [0, 0.05) is 16.5 Å². The standard InChI is InChI=1S/C14H14Cl2O2/c15-9-5-10(16)7-11(6-9)18-13-8-12(17)14(13)3-1-2-4-14/h5-7,13H,1-4,8H2. The molecule has 1 atom stereocenters. The monoisotopic (exact) mass is 284 g/mol. The van der Waals surface area contributed by atoms with E-state index in [1.807, 2.05) is 0 Å². The van der Waals surface area contributed by atoms with Crippen LogP contribution in [0, 0.1) is 5.41 Å². The van der Waals surface area contributed by atoms with Crippen LogP contribution in [-0.4, -0.2) is 11.9 Å². The number of rotatable bonds is 2. The third kappa shape index (κ3) is 1.92. The number of hydrogen-bond acceptors (Lipinski definition) is 2. The molecule has 0 heterocycles. The minimum Gasteiger partial charge on any atom is -0.489 e. The van der Waals surface area contributed by atoms with E-state index in [9.17, 15) is 4.79 Å². The minimum absolute atomic E-state index is 0.00188. The van der Waals surface area contributed by atoms with Gasteiger partial charge in [-0.25, -0.2) is 0 Å². The van der Waals surface area contributed by atoms with Gasteiger partial charge in [-0.3, -0.25) is 4.79 Å². The first kappa shape index (κ1) is 12.3. The zero-order valence-corrected chi connectivity index (χ0v) is 11.4. The van der Waals surface area contributed by atoms with Gasteiger partial charge in [0.25, 0.3) is 0 Å². The molecule has 4 heteroatoms. The number of ether oxygens (including phenoxy) is 1. The fourth-order valence-corrected chi connectivity index (χ4v) is 3.64. The first-order valence-corrected chi connectivity index (χ1v) is 7.02. The van der Waals surface area contributed by atoms with E-state index in [0.29, 0.717) is 28.0 Å². The van der Waals surface area contributed by atoms with Gasteiger partial charge in [0.1, 0.15) is 17.6 Å². The topological polar surface area (TPSA) is 26.3 Å². The molecule has 2 aliphatic carbocycles. The Kier molecular flexibility index (Phi) is 3.03. The van der Waals surface area contributed by atoms with E-state index in [0.717, 1.165) is 25.7 Å². The summed E-state index contributed by atoms with van der Waals surface area (Å²) in [4.78, 5) is 11.9. The molecule has 0 bridgehead atoms. The maximum Gasteiger partial charge on any atom is 0.146 e. The highest BCUT2D eigenvalue weighted by Crippen LogP contribution is 2.52. The van der Waals surface area contributed by atoms with E-state index in [4.69, 9.17) is 27.9 Å². The lowest BCUT2D eigenvalue weighted by Gasteiger charge is -2.44. The Bertz CT molecular complexity index is 472. The summed E-state index contributed by atoms with van der Waals surface area (Å²) in [7, 11) is 0. The summed E-state index contributed by atoms with van der Waals surface area (Å²) in [6.07, 6.45) is 4.70. The van der Waals surface area contributed by atoms with Gasteiger partial charge in [0.2, 0.25) is 0 Å². The maximum atomic E-state index is 11.9. The molecule has 3 rings (SSSR count). The molecule has 0 aromatic heterocycles. The van der Waals surface area contributed by atoms with Crippen molar-refractivity contribution in [1.29, 1.82) is 0 Å². The quantitative estimate of drug-likeness (QED) is 0.811. The lowest BCUT2D eigenvalue weighted by Crippen LogP contribution is -2.55. The van der Waals surface area contributed by atoms with Crippen molar-refractivity contribution in [2.45, 2.75) is 38.2 Å². The highest BCUT2D eigenvalue weighted by atomic mass is 35.5. The molecule has 0 aliphatic heterocycles. The second kappa shape index (κ2) is 4.43. The van der Waals surface area contributed by atoms with Crippen molar-refractivity contribution >= 4 is 29.0 Å².